The van der Waals surface area contributed by atoms with Crippen LogP contribution in [0.2, 0.25) is 0 Å². The largest absolute Gasteiger partial charge is 0.350 e. The number of benzene rings is 3. The van der Waals surface area contributed by atoms with E-state index in [-0.39, 0.29) is 5.92 Å². The number of nitrogens with zero attached hydrogens (tertiary/aromatic N) is 2. The molecule has 0 amide bonds. The first kappa shape index (κ1) is 21.5. The molecule has 1 saturated carbocycles. The van der Waals surface area contributed by atoms with Gasteiger partial charge in [0.25, 0.3) is 10.0 Å². The maximum Gasteiger partial charge on any atom is 0.268 e. The van der Waals surface area contributed by atoms with Gasteiger partial charge in [-0.2, -0.15) is 0 Å². The van der Waals surface area contributed by atoms with E-state index in [1.807, 2.05) is 55.6 Å². The highest BCUT2D eigenvalue weighted by Gasteiger charge is 2.37. The molecule has 3 aromatic carbocycles. The van der Waals surface area contributed by atoms with E-state index >= 15 is 0 Å². The van der Waals surface area contributed by atoms with Crippen molar-refractivity contribution in [3.63, 3.8) is 0 Å². The number of aromatic nitrogens is 1. The third-order valence-corrected chi connectivity index (χ3v) is 8.36. The fraction of sp³-hybridized carbons (Fsp3) is 0.214. The van der Waals surface area contributed by atoms with Gasteiger partial charge in [0.15, 0.2) is 0 Å². The van der Waals surface area contributed by atoms with Gasteiger partial charge in [-0.1, -0.05) is 61.0 Å². The Morgan fingerprint density at radius 2 is 1.61 bits per heavy atom. The molecule has 5 rings (SSSR count). The lowest BCUT2D eigenvalue weighted by Crippen LogP contribution is -2.31. The first-order valence-corrected chi connectivity index (χ1v) is 12.7. The second-order valence-electron chi connectivity index (χ2n) is 9.03. The van der Waals surface area contributed by atoms with Gasteiger partial charge in [-0.05, 0) is 60.7 Å². The van der Waals surface area contributed by atoms with Crippen molar-refractivity contribution in [2.45, 2.75) is 31.1 Å². The van der Waals surface area contributed by atoms with Crippen molar-refractivity contribution in [3.8, 4) is 0 Å². The minimum Gasteiger partial charge on any atom is -0.350 e. The standard InChI is InChI=1S/C28H28N2O2S/c1-20-13-15-24(16-14-20)33(31,32)30(23-9-5-4-6-10-23)18-22-17-21(2)28(22)26-19-29(3)27-12-8-7-11-25(26)27/h4-16,18-19,21,28H,17H2,1-3H3/b22-18-/t21-,28+/m0/s1. The Labute approximate surface area is 195 Å². The molecule has 0 bridgehead atoms. The lowest BCUT2D eigenvalue weighted by molar-refractivity contribution is 0.390. The van der Waals surface area contributed by atoms with Crippen LogP contribution >= 0.6 is 0 Å². The highest BCUT2D eigenvalue weighted by Crippen LogP contribution is 2.49. The van der Waals surface area contributed by atoms with E-state index < -0.39 is 10.0 Å². The summed E-state index contributed by atoms with van der Waals surface area (Å²) in [5.74, 6) is 0.636. The van der Waals surface area contributed by atoms with Crippen molar-refractivity contribution in [1.82, 2.24) is 4.57 Å². The second kappa shape index (κ2) is 8.23. The molecule has 0 N–H and O–H groups in total. The summed E-state index contributed by atoms with van der Waals surface area (Å²) >= 11 is 0. The summed E-state index contributed by atoms with van der Waals surface area (Å²) in [6, 6.07) is 24.8. The topological polar surface area (TPSA) is 42.3 Å². The Morgan fingerprint density at radius 3 is 2.30 bits per heavy atom. The van der Waals surface area contributed by atoms with Gasteiger partial charge >= 0.3 is 0 Å². The highest BCUT2D eigenvalue weighted by atomic mass is 32.2. The average Bonchev–Trinajstić information content (AvgIpc) is 3.13. The number of hydrogen-bond acceptors (Lipinski definition) is 2. The van der Waals surface area contributed by atoms with Crippen LogP contribution in [0, 0.1) is 12.8 Å². The van der Waals surface area contributed by atoms with E-state index in [4.69, 9.17) is 0 Å². The summed E-state index contributed by atoms with van der Waals surface area (Å²) in [4.78, 5) is 0.294. The molecule has 1 fully saturated rings. The van der Waals surface area contributed by atoms with Crippen LogP contribution in [0.25, 0.3) is 10.9 Å². The molecule has 5 heteroatoms. The summed E-state index contributed by atoms with van der Waals surface area (Å²) in [6.07, 6.45) is 4.93. The predicted molar refractivity (Wildman–Crippen MR) is 135 cm³/mol. The van der Waals surface area contributed by atoms with Crippen LogP contribution in [0.4, 0.5) is 5.69 Å². The quantitative estimate of drug-likeness (QED) is 0.349. The second-order valence-corrected chi connectivity index (χ2v) is 10.8. The first-order valence-electron chi connectivity index (χ1n) is 11.3. The molecule has 0 aliphatic heterocycles. The maximum atomic E-state index is 13.7. The van der Waals surface area contributed by atoms with Crippen LogP contribution in [0.1, 0.15) is 30.4 Å². The maximum absolute atomic E-state index is 13.7. The van der Waals surface area contributed by atoms with Crippen molar-refractivity contribution >= 4 is 26.6 Å². The molecular weight excluding hydrogens is 428 g/mol. The van der Waals surface area contributed by atoms with Gasteiger partial charge < -0.3 is 4.57 Å². The molecule has 1 aliphatic carbocycles. The van der Waals surface area contributed by atoms with Crippen molar-refractivity contribution in [3.05, 3.63) is 108 Å². The molecule has 4 aromatic rings. The number of hydrogen-bond donors (Lipinski definition) is 0. The van der Waals surface area contributed by atoms with Crippen LogP contribution in [0.15, 0.2) is 102 Å². The number of anilines is 1. The lowest BCUT2D eigenvalue weighted by atomic mass is 9.67. The zero-order valence-corrected chi connectivity index (χ0v) is 20.0. The van der Waals surface area contributed by atoms with Crippen molar-refractivity contribution in [2.75, 3.05) is 4.31 Å². The first-order chi connectivity index (χ1) is 15.9. The van der Waals surface area contributed by atoms with E-state index in [0.717, 1.165) is 17.6 Å². The van der Waals surface area contributed by atoms with Crippen LogP contribution in [0.5, 0.6) is 0 Å². The van der Waals surface area contributed by atoms with Crippen molar-refractivity contribution < 1.29 is 8.42 Å². The Bertz CT molecular complexity index is 1430. The van der Waals surface area contributed by atoms with Gasteiger partial charge in [0, 0.05) is 36.3 Å². The van der Waals surface area contributed by atoms with E-state index in [9.17, 15) is 8.42 Å². The molecule has 4 nitrogen and oxygen atoms in total. The minimum absolute atomic E-state index is 0.190. The monoisotopic (exact) mass is 456 g/mol. The molecule has 2 atom stereocenters. The smallest absolute Gasteiger partial charge is 0.268 e. The molecule has 1 aliphatic rings. The Hall–Kier alpha value is -3.31. The molecule has 0 saturated heterocycles. The zero-order valence-electron chi connectivity index (χ0n) is 19.1. The zero-order chi connectivity index (χ0) is 23.2. The molecule has 1 heterocycles. The number of fused-ring (bicyclic) bond motifs is 1. The lowest BCUT2D eigenvalue weighted by Gasteiger charge is -2.39. The number of allylic oxidation sites excluding steroid dienone is 1. The van der Waals surface area contributed by atoms with Crippen LogP contribution in [-0.4, -0.2) is 13.0 Å². The molecule has 1 aromatic heterocycles. The van der Waals surface area contributed by atoms with Crippen LogP contribution < -0.4 is 4.31 Å². The van der Waals surface area contributed by atoms with Gasteiger partial charge in [0.05, 0.1) is 10.6 Å². The van der Waals surface area contributed by atoms with Crippen LogP contribution in [0.3, 0.4) is 0 Å². The SMILES string of the molecule is Cc1ccc(S(=O)(=O)N(/C=C2/C[C@H](C)[C@H]2c2cn(C)c3ccccc23)c2ccccc2)cc1. The number of sulfonamides is 1. The fourth-order valence-electron chi connectivity index (χ4n) is 4.91. The molecule has 0 radical (unpaired) electrons. The highest BCUT2D eigenvalue weighted by molar-refractivity contribution is 7.93. The summed E-state index contributed by atoms with van der Waals surface area (Å²) in [7, 11) is -1.68. The fourth-order valence-corrected chi connectivity index (χ4v) is 6.29. The summed E-state index contributed by atoms with van der Waals surface area (Å²) in [5.41, 5.74) is 5.26. The predicted octanol–water partition coefficient (Wildman–Crippen LogP) is 6.39. The normalized spacial score (nSPS) is 19.5. The Kier molecular flexibility index (Phi) is 5.37. The van der Waals surface area contributed by atoms with Crippen LogP contribution in [-0.2, 0) is 17.1 Å². The van der Waals surface area contributed by atoms with Gasteiger partial charge in [-0.25, -0.2) is 12.7 Å². The molecule has 0 unspecified atom stereocenters. The van der Waals surface area contributed by atoms with E-state index in [2.05, 4.69) is 49.0 Å². The molecule has 0 spiro atoms. The number of rotatable bonds is 5. The van der Waals surface area contributed by atoms with E-state index in [0.29, 0.717) is 16.5 Å². The van der Waals surface area contributed by atoms with Gasteiger partial charge in [-0.3, -0.25) is 0 Å². The minimum atomic E-state index is -3.75. The number of para-hydroxylation sites is 2. The van der Waals surface area contributed by atoms with E-state index in [1.54, 1.807) is 12.1 Å². The molecular formula is C28H28N2O2S. The molecule has 168 valence electrons. The molecule has 33 heavy (non-hydrogen) atoms. The van der Waals surface area contributed by atoms with Gasteiger partial charge in [0.2, 0.25) is 0 Å². The summed E-state index contributed by atoms with van der Waals surface area (Å²) in [5, 5.41) is 1.23. The van der Waals surface area contributed by atoms with Crippen molar-refractivity contribution in [2.24, 2.45) is 13.0 Å². The summed E-state index contributed by atoms with van der Waals surface area (Å²) < 4.78 is 31.1. The van der Waals surface area contributed by atoms with Gasteiger partial charge in [-0.15, -0.1) is 0 Å². The summed E-state index contributed by atoms with van der Waals surface area (Å²) in [6.45, 7) is 4.20. The average molecular weight is 457 g/mol. The number of aryl methyl sites for hydroxylation is 2. The third kappa shape index (κ3) is 3.76. The van der Waals surface area contributed by atoms with Crippen molar-refractivity contribution in [1.29, 1.82) is 0 Å². The Balaban J connectivity index is 1.62. The third-order valence-electron chi connectivity index (χ3n) is 6.66. The van der Waals surface area contributed by atoms with Gasteiger partial charge in [0.1, 0.15) is 0 Å². The van der Waals surface area contributed by atoms with E-state index in [1.165, 1.54) is 20.8 Å². The Morgan fingerprint density at radius 1 is 0.939 bits per heavy atom.